The summed E-state index contributed by atoms with van der Waals surface area (Å²) >= 11 is 0. The number of halogens is 2. The molecular formula is C21H22ClFN4O2. The predicted octanol–water partition coefficient (Wildman–Crippen LogP) is 3.88. The Hall–Kier alpha value is -2.77. The molecule has 0 aliphatic carbocycles. The summed E-state index contributed by atoms with van der Waals surface area (Å²) in [5.41, 5.74) is 2.09. The van der Waals surface area contributed by atoms with Crippen LogP contribution in [0.15, 0.2) is 36.4 Å². The van der Waals surface area contributed by atoms with Gasteiger partial charge in [0.05, 0.1) is 5.52 Å². The maximum absolute atomic E-state index is 14.4. The van der Waals surface area contributed by atoms with Crippen LogP contribution in [0.1, 0.15) is 23.2 Å². The van der Waals surface area contributed by atoms with Crippen LogP contribution in [-0.2, 0) is 4.79 Å². The van der Waals surface area contributed by atoms with Crippen molar-refractivity contribution in [3.63, 3.8) is 0 Å². The summed E-state index contributed by atoms with van der Waals surface area (Å²) in [6, 6.07) is 9.75. The van der Waals surface area contributed by atoms with Gasteiger partial charge in [0.15, 0.2) is 5.82 Å². The fraction of sp³-hybridized carbons (Fsp3) is 0.286. The van der Waals surface area contributed by atoms with Crippen LogP contribution in [0, 0.1) is 11.7 Å². The zero-order valence-electron chi connectivity index (χ0n) is 15.9. The Kier molecular flexibility index (Phi) is 6.30. The number of anilines is 1. The number of nitrogens with one attached hydrogen (secondary N) is 2. The number of hydrogen-bond acceptors (Lipinski definition) is 4. The molecule has 3 aromatic rings. The van der Waals surface area contributed by atoms with E-state index in [1.54, 1.807) is 30.3 Å². The summed E-state index contributed by atoms with van der Waals surface area (Å²) in [6.45, 7) is 1.80. The summed E-state index contributed by atoms with van der Waals surface area (Å²) < 4.78 is 14.4. The number of amides is 1. The van der Waals surface area contributed by atoms with E-state index in [9.17, 15) is 14.0 Å². The summed E-state index contributed by atoms with van der Waals surface area (Å²) in [5.74, 6) is -0.0806. The molecule has 0 saturated carbocycles. The largest absolute Gasteiger partial charge is 0.308 e. The van der Waals surface area contributed by atoms with Crippen molar-refractivity contribution >= 4 is 41.3 Å². The van der Waals surface area contributed by atoms with Crippen molar-refractivity contribution in [2.45, 2.75) is 12.8 Å². The van der Waals surface area contributed by atoms with Gasteiger partial charge < -0.3 is 10.2 Å². The minimum atomic E-state index is -0.468. The maximum Gasteiger partial charge on any atom is 0.228 e. The van der Waals surface area contributed by atoms with Crippen LogP contribution in [0.4, 0.5) is 10.2 Å². The molecule has 1 saturated heterocycles. The second kappa shape index (κ2) is 8.71. The smallest absolute Gasteiger partial charge is 0.228 e. The molecule has 0 unspecified atom stereocenters. The van der Waals surface area contributed by atoms with E-state index in [2.05, 4.69) is 27.5 Å². The summed E-state index contributed by atoms with van der Waals surface area (Å²) in [5, 5.41) is 10.8. The number of fused-ring (bicyclic) bond motifs is 1. The van der Waals surface area contributed by atoms with E-state index >= 15 is 0 Å². The molecule has 0 radical (unpaired) electrons. The van der Waals surface area contributed by atoms with Gasteiger partial charge in [-0.15, -0.1) is 12.4 Å². The number of nitrogens with zero attached hydrogens (tertiary/aromatic N) is 2. The molecule has 0 bridgehead atoms. The topological polar surface area (TPSA) is 78.1 Å². The second-order valence-corrected chi connectivity index (χ2v) is 7.26. The molecule has 2 heterocycles. The van der Waals surface area contributed by atoms with Crippen LogP contribution >= 0.6 is 12.4 Å². The Morgan fingerprint density at radius 1 is 1.24 bits per heavy atom. The van der Waals surface area contributed by atoms with Gasteiger partial charge >= 0.3 is 0 Å². The number of hydrogen-bond donors (Lipinski definition) is 2. The fourth-order valence-corrected chi connectivity index (χ4v) is 3.61. The molecule has 152 valence electrons. The van der Waals surface area contributed by atoms with E-state index < -0.39 is 5.82 Å². The second-order valence-electron chi connectivity index (χ2n) is 7.26. The van der Waals surface area contributed by atoms with Crippen LogP contribution in [-0.4, -0.2) is 47.4 Å². The maximum atomic E-state index is 14.4. The summed E-state index contributed by atoms with van der Waals surface area (Å²) in [4.78, 5) is 25.7. The molecule has 29 heavy (non-hydrogen) atoms. The number of H-pyrrole nitrogens is 1. The Bertz CT molecular complexity index is 1040. The number of carbonyl (C=O) groups excluding carboxylic acids is 2. The lowest BCUT2D eigenvalue weighted by Gasteiger charge is -2.27. The van der Waals surface area contributed by atoms with Gasteiger partial charge in [-0.25, -0.2) is 4.39 Å². The third-order valence-electron chi connectivity index (χ3n) is 5.33. The van der Waals surface area contributed by atoms with Crippen molar-refractivity contribution in [1.29, 1.82) is 0 Å². The molecule has 4 rings (SSSR count). The van der Waals surface area contributed by atoms with Gasteiger partial charge in [-0.3, -0.25) is 14.7 Å². The number of aromatic nitrogens is 2. The van der Waals surface area contributed by atoms with Gasteiger partial charge in [0, 0.05) is 22.4 Å². The molecule has 6 nitrogen and oxygen atoms in total. The number of likely N-dealkylation sites (tertiary alicyclic amines) is 1. The quantitative estimate of drug-likeness (QED) is 0.632. The number of carbonyl (C=O) groups is 2. The molecule has 1 fully saturated rings. The zero-order valence-corrected chi connectivity index (χ0v) is 16.8. The van der Waals surface area contributed by atoms with Gasteiger partial charge in [-0.05, 0) is 56.7 Å². The van der Waals surface area contributed by atoms with Crippen molar-refractivity contribution in [3.8, 4) is 11.1 Å². The first-order valence-corrected chi connectivity index (χ1v) is 9.28. The van der Waals surface area contributed by atoms with Crippen LogP contribution in [0.5, 0.6) is 0 Å². The van der Waals surface area contributed by atoms with Crippen molar-refractivity contribution < 1.29 is 14.0 Å². The predicted molar refractivity (Wildman–Crippen MR) is 113 cm³/mol. The normalized spacial score (nSPS) is 15.1. The first kappa shape index (κ1) is 21.0. The Balaban J connectivity index is 0.00000240. The molecule has 0 spiro atoms. The van der Waals surface area contributed by atoms with Gasteiger partial charge in [0.1, 0.15) is 12.1 Å². The number of piperidine rings is 1. The molecule has 1 aromatic heterocycles. The lowest BCUT2D eigenvalue weighted by molar-refractivity contribution is -0.121. The Morgan fingerprint density at radius 3 is 2.69 bits per heavy atom. The highest BCUT2D eigenvalue weighted by Gasteiger charge is 2.24. The monoisotopic (exact) mass is 416 g/mol. The van der Waals surface area contributed by atoms with Gasteiger partial charge in [0.2, 0.25) is 5.91 Å². The fourth-order valence-electron chi connectivity index (χ4n) is 3.61. The number of aldehydes is 1. The van der Waals surface area contributed by atoms with E-state index in [1.807, 2.05) is 0 Å². The van der Waals surface area contributed by atoms with Gasteiger partial charge in [-0.1, -0.05) is 18.2 Å². The highest BCUT2D eigenvalue weighted by atomic mass is 35.5. The van der Waals surface area contributed by atoms with Crippen molar-refractivity contribution in [2.75, 3.05) is 25.5 Å². The van der Waals surface area contributed by atoms with E-state index in [0.717, 1.165) is 36.8 Å². The molecular weight excluding hydrogens is 395 g/mol. The summed E-state index contributed by atoms with van der Waals surface area (Å²) in [6.07, 6.45) is 2.26. The molecule has 2 N–H and O–H groups in total. The average Bonchev–Trinajstić information content (AvgIpc) is 3.10. The van der Waals surface area contributed by atoms with Crippen LogP contribution < -0.4 is 5.32 Å². The van der Waals surface area contributed by atoms with Crippen molar-refractivity contribution in [2.24, 2.45) is 5.92 Å². The van der Waals surface area contributed by atoms with Gasteiger partial charge in [0.25, 0.3) is 0 Å². The number of rotatable bonds is 4. The third kappa shape index (κ3) is 4.31. The lowest BCUT2D eigenvalue weighted by Crippen LogP contribution is -2.36. The summed E-state index contributed by atoms with van der Waals surface area (Å²) in [7, 11) is 2.05. The minimum Gasteiger partial charge on any atom is -0.308 e. The molecule has 1 aliphatic heterocycles. The Morgan fingerprint density at radius 2 is 2.00 bits per heavy atom. The molecule has 8 heteroatoms. The van der Waals surface area contributed by atoms with E-state index in [1.165, 1.54) is 6.07 Å². The molecule has 0 atom stereocenters. The lowest BCUT2D eigenvalue weighted by atomic mass is 9.96. The average molecular weight is 417 g/mol. The standard InChI is InChI=1S/C21H21FN4O2.ClH/c1-26-8-6-14(7-9-26)21(28)23-20-17-11-15(3-5-19(17)24-25-20)16-4-2-13(12-27)10-18(16)22;/h2-5,10-12,14H,6-9H2,1H3,(H2,23,24,25,28);1H. The van der Waals surface area contributed by atoms with Gasteiger partial charge in [-0.2, -0.15) is 5.10 Å². The highest BCUT2D eigenvalue weighted by Crippen LogP contribution is 2.30. The number of benzene rings is 2. The van der Waals surface area contributed by atoms with Crippen molar-refractivity contribution in [1.82, 2.24) is 15.1 Å². The first-order valence-electron chi connectivity index (χ1n) is 9.28. The van der Waals surface area contributed by atoms with Crippen LogP contribution in [0.2, 0.25) is 0 Å². The Labute approximate surface area is 173 Å². The minimum absolute atomic E-state index is 0. The first-order chi connectivity index (χ1) is 13.5. The SMILES string of the molecule is CN1CCC(C(=O)Nc2n[nH]c3ccc(-c4ccc(C=O)cc4F)cc23)CC1.Cl. The highest BCUT2D eigenvalue weighted by molar-refractivity contribution is 6.01. The van der Waals surface area contributed by atoms with Crippen molar-refractivity contribution in [3.05, 3.63) is 47.8 Å². The van der Waals surface area contributed by atoms with Crippen LogP contribution in [0.3, 0.4) is 0 Å². The third-order valence-corrected chi connectivity index (χ3v) is 5.33. The molecule has 1 amide bonds. The van der Waals surface area contributed by atoms with E-state index in [0.29, 0.717) is 23.2 Å². The molecule has 2 aromatic carbocycles. The zero-order chi connectivity index (χ0) is 19.7. The van der Waals surface area contributed by atoms with E-state index in [4.69, 9.17) is 0 Å². The molecule has 1 aliphatic rings. The van der Waals surface area contributed by atoms with Crippen LogP contribution in [0.25, 0.3) is 22.0 Å². The number of aromatic amines is 1. The van der Waals surface area contributed by atoms with E-state index in [-0.39, 0.29) is 29.8 Å².